The lowest BCUT2D eigenvalue weighted by Gasteiger charge is -2.28. The van der Waals surface area contributed by atoms with Crippen LogP contribution < -0.4 is 15.2 Å². The van der Waals surface area contributed by atoms with Crippen molar-refractivity contribution in [1.82, 2.24) is 0 Å². The normalized spacial score (nSPS) is 16.7. The Morgan fingerprint density at radius 2 is 2.04 bits per heavy atom. The third kappa shape index (κ3) is 3.45. The fourth-order valence-corrected chi connectivity index (χ4v) is 2.88. The highest BCUT2D eigenvalue weighted by molar-refractivity contribution is 5.93. The van der Waals surface area contributed by atoms with Crippen molar-refractivity contribution in [2.45, 2.75) is 26.2 Å². The van der Waals surface area contributed by atoms with Crippen LogP contribution in [0.1, 0.15) is 31.7 Å². The van der Waals surface area contributed by atoms with Gasteiger partial charge in [0.15, 0.2) is 0 Å². The third-order valence-electron chi connectivity index (χ3n) is 4.06. The van der Waals surface area contributed by atoms with Crippen molar-refractivity contribution >= 4 is 5.97 Å². The summed E-state index contributed by atoms with van der Waals surface area (Å²) in [5.74, 6) is 0.110. The van der Waals surface area contributed by atoms with Gasteiger partial charge < -0.3 is 24.7 Å². The first-order valence-corrected chi connectivity index (χ1v) is 8.21. The van der Waals surface area contributed by atoms with Gasteiger partial charge in [0.1, 0.15) is 28.9 Å². The Hall–Kier alpha value is -3.14. The Morgan fingerprint density at radius 3 is 2.58 bits per heavy atom. The maximum absolute atomic E-state index is 12.6. The number of nitrogens with two attached hydrogens (primary N) is 1. The van der Waals surface area contributed by atoms with Gasteiger partial charge in [-0.15, -0.1) is 0 Å². The summed E-state index contributed by atoms with van der Waals surface area (Å²) in [6.07, 6.45) is 0.419. The van der Waals surface area contributed by atoms with Crippen molar-refractivity contribution < 1.29 is 23.7 Å². The molecule has 1 aliphatic rings. The zero-order valence-corrected chi connectivity index (χ0v) is 15.3. The fraction of sp³-hybridized carbons (Fsp3) is 0.368. The summed E-state index contributed by atoms with van der Waals surface area (Å²) in [6.45, 7) is 3.75. The highest BCUT2D eigenvalue weighted by Crippen LogP contribution is 2.44. The minimum Gasteiger partial charge on any atom is -0.497 e. The Labute approximate surface area is 152 Å². The van der Waals surface area contributed by atoms with Gasteiger partial charge in [0.2, 0.25) is 5.88 Å². The Morgan fingerprint density at radius 1 is 1.31 bits per heavy atom. The van der Waals surface area contributed by atoms with Crippen molar-refractivity contribution in [3.05, 3.63) is 46.6 Å². The second kappa shape index (κ2) is 8.30. The molecule has 1 aliphatic heterocycles. The van der Waals surface area contributed by atoms with Gasteiger partial charge in [-0.05, 0) is 13.0 Å². The summed E-state index contributed by atoms with van der Waals surface area (Å²) in [6, 6.07) is 7.21. The van der Waals surface area contributed by atoms with Gasteiger partial charge >= 0.3 is 5.97 Å². The Kier molecular flexibility index (Phi) is 6.12. The van der Waals surface area contributed by atoms with Gasteiger partial charge in [0.05, 0.1) is 32.3 Å². The summed E-state index contributed by atoms with van der Waals surface area (Å²) in [5.41, 5.74) is 6.94. The van der Waals surface area contributed by atoms with E-state index in [1.54, 1.807) is 32.2 Å². The Bertz CT molecular complexity index is 805. The van der Waals surface area contributed by atoms with E-state index in [1.807, 2.05) is 6.92 Å². The molecule has 26 heavy (non-hydrogen) atoms. The number of carbonyl (C=O) groups is 1. The van der Waals surface area contributed by atoms with E-state index < -0.39 is 11.9 Å². The molecule has 1 atom stereocenters. The number of methoxy groups -OCH3 is 2. The highest BCUT2D eigenvalue weighted by atomic mass is 16.5. The van der Waals surface area contributed by atoms with Gasteiger partial charge in [-0.2, -0.15) is 5.26 Å². The third-order valence-corrected chi connectivity index (χ3v) is 4.06. The van der Waals surface area contributed by atoms with Crippen molar-refractivity contribution in [1.29, 1.82) is 5.26 Å². The van der Waals surface area contributed by atoms with Gasteiger partial charge in [-0.1, -0.05) is 13.0 Å². The number of esters is 1. The lowest BCUT2D eigenvalue weighted by atomic mass is 9.82. The summed E-state index contributed by atoms with van der Waals surface area (Å²) in [5, 5.41) is 9.64. The quantitative estimate of drug-likeness (QED) is 0.780. The Balaban J connectivity index is 2.73. The second-order valence-electron chi connectivity index (χ2n) is 5.44. The molecule has 0 saturated heterocycles. The minimum absolute atomic E-state index is 0.0275. The van der Waals surface area contributed by atoms with E-state index in [4.69, 9.17) is 24.7 Å². The number of benzene rings is 1. The number of nitrogens with zero attached hydrogens (tertiary/aromatic N) is 1. The van der Waals surface area contributed by atoms with Crippen molar-refractivity contribution in [3.63, 3.8) is 0 Å². The molecule has 0 unspecified atom stereocenters. The number of hydrogen-bond donors (Lipinski definition) is 1. The molecule has 138 valence electrons. The monoisotopic (exact) mass is 358 g/mol. The van der Waals surface area contributed by atoms with Crippen LogP contribution in [-0.4, -0.2) is 26.8 Å². The summed E-state index contributed by atoms with van der Waals surface area (Å²) < 4.78 is 21.4. The molecule has 0 radical (unpaired) electrons. The molecule has 0 aliphatic carbocycles. The van der Waals surface area contributed by atoms with Crippen LogP contribution in [0.5, 0.6) is 11.5 Å². The predicted molar refractivity (Wildman–Crippen MR) is 94.1 cm³/mol. The first-order valence-electron chi connectivity index (χ1n) is 8.21. The van der Waals surface area contributed by atoms with Crippen molar-refractivity contribution in [2.24, 2.45) is 5.73 Å². The van der Waals surface area contributed by atoms with E-state index in [0.29, 0.717) is 29.2 Å². The zero-order valence-electron chi connectivity index (χ0n) is 15.3. The summed E-state index contributed by atoms with van der Waals surface area (Å²) >= 11 is 0. The van der Waals surface area contributed by atoms with E-state index in [0.717, 1.165) is 0 Å². The zero-order chi connectivity index (χ0) is 19.3. The molecule has 0 saturated carbocycles. The first-order chi connectivity index (χ1) is 12.5. The molecule has 7 nitrogen and oxygen atoms in total. The minimum atomic E-state index is -0.747. The number of allylic oxidation sites excluding steroid dienone is 2. The van der Waals surface area contributed by atoms with E-state index in [-0.39, 0.29) is 23.6 Å². The number of carbonyl (C=O) groups excluding carboxylic acids is 1. The lowest BCUT2D eigenvalue weighted by Crippen LogP contribution is -2.26. The van der Waals surface area contributed by atoms with E-state index >= 15 is 0 Å². The van der Waals surface area contributed by atoms with Crippen LogP contribution in [-0.2, 0) is 14.3 Å². The molecule has 1 aromatic carbocycles. The van der Waals surface area contributed by atoms with Crippen LogP contribution in [0.25, 0.3) is 0 Å². The fourth-order valence-electron chi connectivity index (χ4n) is 2.88. The van der Waals surface area contributed by atoms with Crippen molar-refractivity contribution in [2.75, 3.05) is 20.8 Å². The van der Waals surface area contributed by atoms with Crippen LogP contribution in [0.15, 0.2) is 41.0 Å². The van der Waals surface area contributed by atoms with E-state index in [2.05, 4.69) is 6.07 Å². The molecule has 0 aromatic heterocycles. The average molecular weight is 358 g/mol. The van der Waals surface area contributed by atoms with Crippen LogP contribution in [0.4, 0.5) is 0 Å². The molecular formula is C19H22N2O5. The summed E-state index contributed by atoms with van der Waals surface area (Å²) in [4.78, 5) is 12.6. The summed E-state index contributed by atoms with van der Waals surface area (Å²) in [7, 11) is 3.05. The van der Waals surface area contributed by atoms with Crippen LogP contribution in [0, 0.1) is 11.3 Å². The SMILES string of the molecule is CCOC(=O)C1=C(CC)OC(N)=C(C#N)[C@@H]1c1ccc(OC)cc1OC. The second-order valence-corrected chi connectivity index (χ2v) is 5.44. The number of nitriles is 1. The maximum Gasteiger partial charge on any atom is 0.338 e. The molecular weight excluding hydrogens is 336 g/mol. The van der Waals surface area contributed by atoms with E-state index in [9.17, 15) is 10.1 Å². The van der Waals surface area contributed by atoms with E-state index in [1.165, 1.54) is 7.11 Å². The largest absolute Gasteiger partial charge is 0.497 e. The molecule has 2 rings (SSSR count). The first kappa shape index (κ1) is 19.2. The average Bonchev–Trinajstić information content (AvgIpc) is 2.66. The molecule has 0 amide bonds. The molecule has 0 spiro atoms. The highest BCUT2D eigenvalue weighted by Gasteiger charge is 2.38. The maximum atomic E-state index is 12.6. The van der Waals surface area contributed by atoms with Gasteiger partial charge in [-0.25, -0.2) is 4.79 Å². The molecule has 1 aromatic rings. The topological polar surface area (TPSA) is 104 Å². The smallest absolute Gasteiger partial charge is 0.338 e. The van der Waals surface area contributed by atoms with Gasteiger partial charge in [0, 0.05) is 18.1 Å². The van der Waals surface area contributed by atoms with Gasteiger partial charge in [-0.3, -0.25) is 0 Å². The standard InChI is InChI=1S/C19H22N2O5/c1-5-14-17(19(22)25-6-2)16(13(10-20)18(21)26-14)12-8-7-11(23-3)9-15(12)24-4/h7-9,16H,5-6,21H2,1-4H3/t16-/m0/s1. The van der Waals surface area contributed by atoms with Crippen LogP contribution >= 0.6 is 0 Å². The molecule has 1 heterocycles. The van der Waals surface area contributed by atoms with Crippen LogP contribution in [0.2, 0.25) is 0 Å². The number of rotatable bonds is 6. The molecule has 0 fully saturated rings. The molecule has 2 N–H and O–H groups in total. The van der Waals surface area contributed by atoms with Crippen LogP contribution in [0.3, 0.4) is 0 Å². The number of ether oxygens (including phenoxy) is 4. The number of hydrogen-bond acceptors (Lipinski definition) is 7. The lowest BCUT2D eigenvalue weighted by molar-refractivity contribution is -0.139. The van der Waals surface area contributed by atoms with Crippen molar-refractivity contribution in [3.8, 4) is 17.6 Å². The van der Waals surface area contributed by atoms with Gasteiger partial charge in [0.25, 0.3) is 0 Å². The predicted octanol–water partition coefficient (Wildman–Crippen LogP) is 2.74. The molecule has 7 heteroatoms. The molecule has 0 bridgehead atoms.